The summed E-state index contributed by atoms with van der Waals surface area (Å²) in [6.07, 6.45) is 0. The third kappa shape index (κ3) is 3.87. The maximum absolute atomic E-state index is 10.6. The second-order valence-corrected chi connectivity index (χ2v) is 3.29. The molecule has 0 fully saturated rings. The van der Waals surface area contributed by atoms with E-state index >= 15 is 0 Å². The summed E-state index contributed by atoms with van der Waals surface area (Å²) in [6.45, 7) is 2.05. The number of halogens is 1. The third-order valence-electron chi connectivity index (χ3n) is 1.68. The van der Waals surface area contributed by atoms with Crippen LogP contribution in [0.5, 0.6) is 0 Å². The van der Waals surface area contributed by atoms with Gasteiger partial charge in [0.25, 0.3) is 0 Å². The quantitative estimate of drug-likeness (QED) is 0.600. The SMILES string of the molecule is CC(NOCc1ccccc1)C(=O)Cl. The molecule has 4 heteroatoms. The summed E-state index contributed by atoms with van der Waals surface area (Å²) >= 11 is 5.23. The molecule has 0 saturated carbocycles. The third-order valence-corrected chi connectivity index (χ3v) is 2.01. The van der Waals surface area contributed by atoms with Crippen molar-refractivity contribution in [2.24, 2.45) is 0 Å². The van der Waals surface area contributed by atoms with Gasteiger partial charge in [-0.3, -0.25) is 9.63 Å². The average molecular weight is 214 g/mol. The highest BCUT2D eigenvalue weighted by Crippen LogP contribution is 1.99. The van der Waals surface area contributed by atoms with Crippen molar-refractivity contribution in [2.45, 2.75) is 19.6 Å². The van der Waals surface area contributed by atoms with Crippen LogP contribution in [-0.2, 0) is 16.2 Å². The molecular weight excluding hydrogens is 202 g/mol. The number of benzene rings is 1. The molecule has 0 bridgehead atoms. The number of carbonyl (C=O) groups excluding carboxylic acids is 1. The first kappa shape index (κ1) is 11.2. The van der Waals surface area contributed by atoms with Crippen LogP contribution in [0.4, 0.5) is 0 Å². The lowest BCUT2D eigenvalue weighted by Crippen LogP contribution is -2.31. The summed E-state index contributed by atoms with van der Waals surface area (Å²) in [7, 11) is 0. The van der Waals surface area contributed by atoms with Crippen molar-refractivity contribution >= 4 is 16.8 Å². The van der Waals surface area contributed by atoms with Crippen LogP contribution >= 0.6 is 11.6 Å². The van der Waals surface area contributed by atoms with E-state index in [4.69, 9.17) is 16.4 Å². The molecule has 0 spiro atoms. The molecule has 1 unspecified atom stereocenters. The number of hydrogen-bond donors (Lipinski definition) is 1. The molecule has 0 aromatic heterocycles. The molecule has 0 amide bonds. The van der Waals surface area contributed by atoms with E-state index in [2.05, 4.69) is 5.48 Å². The van der Waals surface area contributed by atoms with Gasteiger partial charge < -0.3 is 0 Å². The van der Waals surface area contributed by atoms with Crippen molar-refractivity contribution in [3.05, 3.63) is 35.9 Å². The van der Waals surface area contributed by atoms with Crippen molar-refractivity contribution in [3.8, 4) is 0 Å². The van der Waals surface area contributed by atoms with Gasteiger partial charge in [-0.2, -0.15) is 5.48 Å². The Labute approximate surface area is 88.0 Å². The first-order chi connectivity index (χ1) is 6.70. The largest absolute Gasteiger partial charge is 0.296 e. The Balaban J connectivity index is 2.26. The summed E-state index contributed by atoms with van der Waals surface area (Å²) in [5, 5.41) is -0.460. The minimum Gasteiger partial charge on any atom is -0.296 e. The molecule has 1 aromatic rings. The Morgan fingerprint density at radius 2 is 2.14 bits per heavy atom. The van der Waals surface area contributed by atoms with E-state index in [1.807, 2.05) is 30.3 Å². The molecule has 3 nitrogen and oxygen atoms in total. The Kier molecular flexibility index (Phi) is 4.59. The van der Waals surface area contributed by atoms with Gasteiger partial charge in [0.2, 0.25) is 5.24 Å². The average Bonchev–Trinajstić information content (AvgIpc) is 2.19. The van der Waals surface area contributed by atoms with Crippen LogP contribution in [0.25, 0.3) is 0 Å². The van der Waals surface area contributed by atoms with Crippen molar-refractivity contribution in [1.29, 1.82) is 0 Å². The van der Waals surface area contributed by atoms with E-state index in [0.717, 1.165) is 5.56 Å². The molecule has 1 rings (SSSR count). The van der Waals surface area contributed by atoms with Gasteiger partial charge in [0.05, 0.1) is 6.61 Å². The highest BCUT2D eigenvalue weighted by atomic mass is 35.5. The lowest BCUT2D eigenvalue weighted by molar-refractivity contribution is -0.117. The Bertz CT molecular complexity index is 289. The monoisotopic (exact) mass is 213 g/mol. The van der Waals surface area contributed by atoms with Crippen LogP contribution in [0.2, 0.25) is 0 Å². The summed E-state index contributed by atoms with van der Waals surface area (Å²) in [4.78, 5) is 15.7. The van der Waals surface area contributed by atoms with Crippen molar-refractivity contribution in [2.75, 3.05) is 0 Å². The van der Waals surface area contributed by atoms with Crippen LogP contribution in [0.15, 0.2) is 30.3 Å². The molecular formula is C10H12ClNO2. The van der Waals surface area contributed by atoms with Crippen molar-refractivity contribution in [3.63, 3.8) is 0 Å². The van der Waals surface area contributed by atoms with Crippen molar-refractivity contribution < 1.29 is 9.63 Å². The number of hydrogen-bond acceptors (Lipinski definition) is 3. The molecule has 1 N–H and O–H groups in total. The minimum absolute atomic E-state index is 0.412. The first-order valence-corrected chi connectivity index (χ1v) is 4.68. The van der Waals surface area contributed by atoms with Crippen LogP contribution in [0.1, 0.15) is 12.5 Å². The van der Waals surface area contributed by atoms with Gasteiger partial charge in [-0.05, 0) is 24.1 Å². The fourth-order valence-corrected chi connectivity index (χ4v) is 0.915. The predicted molar refractivity (Wildman–Crippen MR) is 54.7 cm³/mol. The molecule has 76 valence electrons. The number of hydroxylamine groups is 1. The Morgan fingerprint density at radius 1 is 1.50 bits per heavy atom. The van der Waals surface area contributed by atoms with Crippen LogP contribution in [0.3, 0.4) is 0 Å². The smallest absolute Gasteiger partial charge is 0.240 e. The number of carbonyl (C=O) groups is 1. The topological polar surface area (TPSA) is 38.3 Å². The van der Waals surface area contributed by atoms with Gasteiger partial charge in [0, 0.05) is 0 Å². The lowest BCUT2D eigenvalue weighted by atomic mass is 10.2. The maximum atomic E-state index is 10.6. The number of nitrogens with one attached hydrogen (secondary N) is 1. The molecule has 1 atom stereocenters. The standard InChI is InChI=1S/C10H12ClNO2/c1-8(10(11)13)12-14-7-9-5-3-2-4-6-9/h2-6,8,12H,7H2,1H3. The first-order valence-electron chi connectivity index (χ1n) is 4.30. The van der Waals surface area contributed by atoms with E-state index in [-0.39, 0.29) is 0 Å². The zero-order chi connectivity index (χ0) is 10.4. The van der Waals surface area contributed by atoms with Crippen molar-refractivity contribution in [1.82, 2.24) is 5.48 Å². The van der Waals surface area contributed by atoms with E-state index in [0.29, 0.717) is 6.61 Å². The van der Waals surface area contributed by atoms with Crippen LogP contribution in [-0.4, -0.2) is 11.3 Å². The molecule has 0 radical (unpaired) electrons. The molecule has 1 aromatic carbocycles. The Hall–Kier alpha value is -0.900. The van der Waals surface area contributed by atoms with E-state index in [1.165, 1.54) is 0 Å². The van der Waals surface area contributed by atoms with Gasteiger partial charge in [0.1, 0.15) is 6.04 Å². The van der Waals surface area contributed by atoms with Crippen LogP contribution < -0.4 is 5.48 Å². The highest BCUT2D eigenvalue weighted by Gasteiger charge is 2.08. The second-order valence-electron chi connectivity index (χ2n) is 2.92. The predicted octanol–water partition coefficient (Wildman–Crippen LogP) is 1.86. The molecule has 0 heterocycles. The molecule has 0 aliphatic carbocycles. The fourth-order valence-electron chi connectivity index (χ4n) is 0.871. The number of rotatable bonds is 5. The van der Waals surface area contributed by atoms with Gasteiger partial charge in [-0.1, -0.05) is 30.3 Å². The fraction of sp³-hybridized carbons (Fsp3) is 0.300. The highest BCUT2D eigenvalue weighted by molar-refractivity contribution is 6.64. The molecule has 0 aliphatic heterocycles. The summed E-state index contributed by atoms with van der Waals surface area (Å²) in [6, 6.07) is 9.18. The summed E-state index contributed by atoms with van der Waals surface area (Å²) in [5.74, 6) is 0. The van der Waals surface area contributed by atoms with E-state index < -0.39 is 11.3 Å². The zero-order valence-corrected chi connectivity index (χ0v) is 8.62. The minimum atomic E-state index is -0.486. The second kappa shape index (κ2) is 5.75. The summed E-state index contributed by atoms with van der Waals surface area (Å²) in [5.41, 5.74) is 3.59. The van der Waals surface area contributed by atoms with E-state index in [1.54, 1.807) is 6.92 Å². The Morgan fingerprint density at radius 3 is 2.71 bits per heavy atom. The van der Waals surface area contributed by atoms with Crippen LogP contribution in [0, 0.1) is 0 Å². The summed E-state index contributed by atoms with van der Waals surface area (Å²) < 4.78 is 0. The van der Waals surface area contributed by atoms with Gasteiger partial charge in [-0.25, -0.2) is 0 Å². The molecule has 0 aliphatic rings. The van der Waals surface area contributed by atoms with E-state index in [9.17, 15) is 4.79 Å². The lowest BCUT2D eigenvalue weighted by Gasteiger charge is -2.09. The zero-order valence-electron chi connectivity index (χ0n) is 7.87. The molecule has 14 heavy (non-hydrogen) atoms. The molecule has 0 saturated heterocycles. The maximum Gasteiger partial charge on any atom is 0.240 e. The normalized spacial score (nSPS) is 12.4. The van der Waals surface area contributed by atoms with Gasteiger partial charge >= 0.3 is 0 Å². The van der Waals surface area contributed by atoms with Gasteiger partial charge in [0.15, 0.2) is 0 Å². The van der Waals surface area contributed by atoms with Gasteiger partial charge in [-0.15, -0.1) is 0 Å².